The molecule has 1 radical (unpaired) electrons. The first-order chi connectivity index (χ1) is 8.92. The van der Waals surface area contributed by atoms with Gasteiger partial charge in [0.1, 0.15) is 5.75 Å². The molecule has 18 heavy (non-hydrogen) atoms. The highest BCUT2D eigenvalue weighted by Gasteiger charge is 2.24. The van der Waals surface area contributed by atoms with Crippen LogP contribution < -0.4 is 10.1 Å². The lowest BCUT2D eigenvalue weighted by molar-refractivity contribution is 0.261. The first-order valence-electron chi connectivity index (χ1n) is 5.69. The van der Waals surface area contributed by atoms with Crippen molar-refractivity contribution in [3.05, 3.63) is 53.5 Å². The van der Waals surface area contributed by atoms with Gasteiger partial charge < -0.3 is 10.1 Å². The molecule has 1 aliphatic heterocycles. The van der Waals surface area contributed by atoms with Gasteiger partial charge in [0.05, 0.1) is 15.9 Å². The Morgan fingerprint density at radius 3 is 3.06 bits per heavy atom. The summed E-state index contributed by atoms with van der Waals surface area (Å²) in [5.74, 6) is 0.888. The second kappa shape index (κ2) is 3.71. The lowest BCUT2D eigenvalue weighted by Crippen LogP contribution is -2.10. The quantitative estimate of drug-likeness (QED) is 0.719. The van der Waals surface area contributed by atoms with Crippen LogP contribution >= 0.6 is 11.3 Å². The zero-order valence-electron chi connectivity index (χ0n) is 9.38. The van der Waals surface area contributed by atoms with Gasteiger partial charge >= 0.3 is 0 Å². The third-order valence-corrected chi connectivity index (χ3v) is 3.78. The normalized spacial score (nSPS) is 17.2. The highest BCUT2D eigenvalue weighted by molar-refractivity contribution is 7.16. The number of nitrogens with zero attached hydrogens (tertiary/aromatic N) is 1. The first-order valence-corrected chi connectivity index (χ1v) is 6.51. The van der Waals surface area contributed by atoms with Crippen molar-refractivity contribution in [3.8, 4) is 5.75 Å². The number of benzene rings is 2. The number of para-hydroxylation sites is 3. The lowest BCUT2D eigenvalue weighted by Gasteiger charge is -2.11. The van der Waals surface area contributed by atoms with Crippen LogP contribution in [-0.4, -0.2) is 4.98 Å². The topological polar surface area (TPSA) is 34.2 Å². The van der Waals surface area contributed by atoms with Crippen molar-refractivity contribution in [2.45, 2.75) is 6.23 Å². The van der Waals surface area contributed by atoms with Gasteiger partial charge in [-0.1, -0.05) is 24.3 Å². The smallest absolute Gasteiger partial charge is 0.198 e. The van der Waals surface area contributed by atoms with Gasteiger partial charge in [0.2, 0.25) is 0 Å². The van der Waals surface area contributed by atoms with Crippen molar-refractivity contribution in [3.63, 3.8) is 0 Å². The summed E-state index contributed by atoms with van der Waals surface area (Å²) < 4.78 is 7.04. The van der Waals surface area contributed by atoms with E-state index in [1.165, 1.54) is 11.3 Å². The molecule has 0 amide bonds. The number of nitrogens with one attached hydrogen (secondary N) is 1. The summed E-state index contributed by atoms with van der Waals surface area (Å²) in [5.41, 5.74) is 5.98. The van der Waals surface area contributed by atoms with Crippen LogP contribution in [0.1, 0.15) is 11.8 Å². The van der Waals surface area contributed by atoms with Gasteiger partial charge in [0, 0.05) is 5.56 Å². The Kier molecular flexibility index (Phi) is 2.04. The van der Waals surface area contributed by atoms with Crippen LogP contribution in [0, 0.1) is 5.51 Å². The molecule has 1 aromatic heterocycles. The molecule has 2 heterocycles. The van der Waals surface area contributed by atoms with Gasteiger partial charge in [-0.2, -0.15) is 0 Å². The first kappa shape index (κ1) is 9.91. The van der Waals surface area contributed by atoms with Crippen LogP contribution in [-0.2, 0) is 0 Å². The number of hydrogen-bond acceptors (Lipinski definition) is 4. The van der Waals surface area contributed by atoms with Crippen molar-refractivity contribution in [1.82, 2.24) is 4.98 Å². The van der Waals surface area contributed by atoms with E-state index < -0.39 is 0 Å². The summed E-state index contributed by atoms with van der Waals surface area (Å²) in [6.07, 6.45) is -0.165. The van der Waals surface area contributed by atoms with Gasteiger partial charge in [-0.05, 0) is 18.2 Å². The molecule has 1 N–H and O–H groups in total. The molecule has 0 saturated carbocycles. The van der Waals surface area contributed by atoms with Crippen molar-refractivity contribution < 1.29 is 4.74 Å². The molecule has 3 aromatic rings. The highest BCUT2D eigenvalue weighted by Crippen LogP contribution is 2.39. The molecule has 0 saturated heterocycles. The van der Waals surface area contributed by atoms with Crippen molar-refractivity contribution >= 4 is 27.2 Å². The van der Waals surface area contributed by atoms with E-state index in [0.717, 1.165) is 27.2 Å². The molecule has 1 aliphatic rings. The molecule has 0 aliphatic carbocycles. The Morgan fingerprint density at radius 1 is 1.17 bits per heavy atom. The third-order valence-electron chi connectivity index (χ3n) is 3.04. The maximum atomic E-state index is 5.91. The SMILES string of the molecule is [c]1nc2c(C3Nc4ccccc4O3)cccc2s1. The second-order valence-corrected chi connectivity index (χ2v) is 4.96. The largest absolute Gasteiger partial charge is 0.464 e. The minimum Gasteiger partial charge on any atom is -0.464 e. The van der Waals surface area contributed by atoms with E-state index in [2.05, 4.69) is 21.9 Å². The van der Waals surface area contributed by atoms with Crippen LogP contribution in [0.25, 0.3) is 10.2 Å². The minimum atomic E-state index is -0.165. The Morgan fingerprint density at radius 2 is 2.11 bits per heavy atom. The molecular formula is C14H9N2OS. The molecule has 87 valence electrons. The van der Waals surface area contributed by atoms with Crippen molar-refractivity contribution in [1.29, 1.82) is 0 Å². The van der Waals surface area contributed by atoms with Gasteiger partial charge in [0.25, 0.3) is 0 Å². The lowest BCUT2D eigenvalue weighted by atomic mass is 10.1. The third kappa shape index (κ3) is 1.39. The predicted octanol–water partition coefficient (Wildman–Crippen LogP) is 3.60. The van der Waals surface area contributed by atoms with Crippen LogP contribution in [0.2, 0.25) is 0 Å². The number of hydrogen-bond donors (Lipinski definition) is 1. The van der Waals surface area contributed by atoms with E-state index >= 15 is 0 Å². The monoisotopic (exact) mass is 253 g/mol. The van der Waals surface area contributed by atoms with E-state index in [1.54, 1.807) is 0 Å². The average Bonchev–Trinajstić information content (AvgIpc) is 3.04. The Hall–Kier alpha value is -2.07. The van der Waals surface area contributed by atoms with Gasteiger partial charge in [0.15, 0.2) is 11.7 Å². The molecular weight excluding hydrogens is 244 g/mol. The van der Waals surface area contributed by atoms with E-state index in [9.17, 15) is 0 Å². The Labute approximate surface area is 108 Å². The maximum absolute atomic E-state index is 5.91. The number of aromatic nitrogens is 1. The Bertz CT molecular complexity index is 697. The second-order valence-electron chi connectivity index (χ2n) is 4.14. The average molecular weight is 253 g/mol. The molecule has 2 aromatic carbocycles. The molecule has 3 nitrogen and oxygen atoms in total. The van der Waals surface area contributed by atoms with E-state index in [0.29, 0.717) is 0 Å². The fourth-order valence-corrected chi connectivity index (χ4v) is 2.84. The van der Waals surface area contributed by atoms with E-state index in [1.807, 2.05) is 36.4 Å². The molecule has 0 bridgehead atoms. The van der Waals surface area contributed by atoms with Crippen molar-refractivity contribution in [2.24, 2.45) is 0 Å². The summed E-state index contributed by atoms with van der Waals surface area (Å²) in [6, 6.07) is 14.1. The zero-order chi connectivity index (χ0) is 11.9. The summed E-state index contributed by atoms with van der Waals surface area (Å²) in [5, 5.41) is 3.36. The molecule has 4 heteroatoms. The zero-order valence-corrected chi connectivity index (χ0v) is 10.2. The molecule has 4 rings (SSSR count). The molecule has 0 fully saturated rings. The highest BCUT2D eigenvalue weighted by atomic mass is 32.1. The number of fused-ring (bicyclic) bond motifs is 2. The summed E-state index contributed by atoms with van der Waals surface area (Å²) in [7, 11) is 0. The van der Waals surface area contributed by atoms with E-state index in [4.69, 9.17) is 4.74 Å². The minimum absolute atomic E-state index is 0.165. The molecule has 1 atom stereocenters. The van der Waals surface area contributed by atoms with Gasteiger partial charge in [-0.25, -0.2) is 4.98 Å². The van der Waals surface area contributed by atoms with Crippen LogP contribution in [0.4, 0.5) is 5.69 Å². The van der Waals surface area contributed by atoms with Crippen LogP contribution in [0.15, 0.2) is 42.5 Å². The standard InChI is InChI=1S/C14H9N2OS/c1-2-6-11-10(5-1)16-14(17-11)9-4-3-7-12-13(9)15-8-18-12/h1-7,14,16H. The maximum Gasteiger partial charge on any atom is 0.198 e. The number of ether oxygens (including phenoxy) is 1. The number of anilines is 1. The van der Waals surface area contributed by atoms with Crippen LogP contribution in [0.5, 0.6) is 5.75 Å². The van der Waals surface area contributed by atoms with Gasteiger partial charge in [-0.3, -0.25) is 0 Å². The fourth-order valence-electron chi connectivity index (χ4n) is 2.20. The van der Waals surface area contributed by atoms with Crippen molar-refractivity contribution in [2.75, 3.05) is 5.32 Å². The number of rotatable bonds is 1. The van der Waals surface area contributed by atoms with Gasteiger partial charge in [-0.15, -0.1) is 11.3 Å². The van der Waals surface area contributed by atoms with E-state index in [-0.39, 0.29) is 6.23 Å². The summed E-state index contributed by atoms with van der Waals surface area (Å²) in [4.78, 5) is 4.30. The summed E-state index contributed by atoms with van der Waals surface area (Å²) >= 11 is 1.52. The molecule has 1 unspecified atom stereocenters. The fraction of sp³-hybridized carbons (Fsp3) is 0.0714. The predicted molar refractivity (Wildman–Crippen MR) is 71.9 cm³/mol. The summed E-state index contributed by atoms with van der Waals surface area (Å²) in [6.45, 7) is 0. The van der Waals surface area contributed by atoms with Crippen LogP contribution in [0.3, 0.4) is 0 Å². The molecule has 0 spiro atoms. The Balaban J connectivity index is 1.80. The number of thiazole rings is 1.